The lowest BCUT2D eigenvalue weighted by Gasteiger charge is -2.45. The minimum atomic E-state index is -4.75. The Balaban J connectivity index is 1.77. The Bertz CT molecular complexity index is 1210. The standard InChI is InChI=1S/C26H30F3N3O3/c1-24(2)13-18(14-25(3,4)15-24)32-21-12-16(22(33)34-5)6-11-20(21)31-23(32)30-17-7-9-19(10-8-17)35-26(27,28)29/h6-12,18H,13-15H2,1-5H3,(H,30,31). The van der Waals surface area contributed by atoms with Gasteiger partial charge in [-0.05, 0) is 72.6 Å². The van der Waals surface area contributed by atoms with Crippen molar-refractivity contribution in [3.05, 3.63) is 48.0 Å². The van der Waals surface area contributed by atoms with Gasteiger partial charge in [0.25, 0.3) is 0 Å². The Morgan fingerprint density at radius 1 is 1.06 bits per heavy atom. The summed E-state index contributed by atoms with van der Waals surface area (Å²) in [6.07, 6.45) is -1.84. The van der Waals surface area contributed by atoms with Gasteiger partial charge in [0.1, 0.15) is 5.75 Å². The highest BCUT2D eigenvalue weighted by Crippen LogP contribution is 2.51. The SMILES string of the molecule is COC(=O)c1ccc2nc(Nc3ccc(OC(F)(F)F)cc3)n(C3CC(C)(C)CC(C)(C)C3)c2c1. The molecule has 0 bridgehead atoms. The van der Waals surface area contributed by atoms with Gasteiger partial charge in [-0.2, -0.15) is 0 Å². The molecule has 35 heavy (non-hydrogen) atoms. The van der Waals surface area contributed by atoms with Crippen LogP contribution in [0.5, 0.6) is 5.75 Å². The number of esters is 1. The maximum Gasteiger partial charge on any atom is 0.573 e. The van der Waals surface area contributed by atoms with Crippen LogP contribution in [0.1, 0.15) is 63.4 Å². The highest BCUT2D eigenvalue weighted by Gasteiger charge is 2.40. The van der Waals surface area contributed by atoms with Crippen molar-refractivity contribution in [1.29, 1.82) is 0 Å². The van der Waals surface area contributed by atoms with Crippen molar-refractivity contribution in [2.45, 2.75) is 59.4 Å². The first kappa shape index (κ1) is 24.9. The molecule has 3 aromatic rings. The monoisotopic (exact) mass is 489 g/mol. The molecule has 4 rings (SSSR count). The molecule has 2 aromatic carbocycles. The van der Waals surface area contributed by atoms with E-state index in [1.54, 1.807) is 18.2 Å². The number of methoxy groups -OCH3 is 1. The van der Waals surface area contributed by atoms with Crippen molar-refractivity contribution in [3.8, 4) is 5.75 Å². The number of anilines is 2. The number of alkyl halides is 3. The summed E-state index contributed by atoms with van der Waals surface area (Å²) < 4.78 is 48.6. The molecule has 1 heterocycles. The fourth-order valence-corrected chi connectivity index (χ4v) is 5.63. The van der Waals surface area contributed by atoms with Gasteiger partial charge in [-0.1, -0.05) is 27.7 Å². The maximum atomic E-state index is 12.5. The molecule has 0 amide bonds. The summed E-state index contributed by atoms with van der Waals surface area (Å²) in [7, 11) is 1.34. The number of carbonyl (C=O) groups excluding carboxylic acids is 1. The van der Waals surface area contributed by atoms with E-state index in [0.717, 1.165) is 24.8 Å². The number of nitrogens with one attached hydrogen (secondary N) is 1. The molecule has 1 fully saturated rings. The molecule has 1 saturated carbocycles. The number of halogens is 3. The summed E-state index contributed by atoms with van der Waals surface area (Å²) in [4.78, 5) is 17.0. The van der Waals surface area contributed by atoms with Crippen molar-refractivity contribution in [1.82, 2.24) is 9.55 Å². The molecular formula is C26H30F3N3O3. The quantitative estimate of drug-likeness (QED) is 0.383. The predicted octanol–water partition coefficient (Wildman–Crippen LogP) is 7.24. The Labute approximate surface area is 202 Å². The first-order chi connectivity index (χ1) is 16.3. The average molecular weight is 490 g/mol. The van der Waals surface area contributed by atoms with Crippen molar-refractivity contribution in [3.63, 3.8) is 0 Å². The fourth-order valence-electron chi connectivity index (χ4n) is 5.63. The molecule has 0 radical (unpaired) electrons. The zero-order chi connectivity index (χ0) is 25.6. The number of imidazole rings is 1. The minimum absolute atomic E-state index is 0.0941. The molecule has 0 unspecified atom stereocenters. The maximum absolute atomic E-state index is 12.5. The normalized spacial score (nSPS) is 17.8. The van der Waals surface area contributed by atoms with E-state index in [0.29, 0.717) is 22.7 Å². The van der Waals surface area contributed by atoms with Gasteiger partial charge < -0.3 is 19.4 Å². The van der Waals surface area contributed by atoms with Crippen LogP contribution in [0.25, 0.3) is 11.0 Å². The minimum Gasteiger partial charge on any atom is -0.465 e. The van der Waals surface area contributed by atoms with Gasteiger partial charge >= 0.3 is 12.3 Å². The van der Waals surface area contributed by atoms with Gasteiger partial charge in [-0.15, -0.1) is 13.2 Å². The van der Waals surface area contributed by atoms with Crippen LogP contribution in [-0.2, 0) is 4.74 Å². The molecule has 1 aliphatic rings. The molecule has 0 saturated heterocycles. The predicted molar refractivity (Wildman–Crippen MR) is 128 cm³/mol. The summed E-state index contributed by atoms with van der Waals surface area (Å²) in [5.74, 6) is -0.168. The van der Waals surface area contributed by atoms with Gasteiger partial charge in [0.15, 0.2) is 0 Å². The van der Waals surface area contributed by atoms with E-state index in [9.17, 15) is 18.0 Å². The number of carbonyl (C=O) groups is 1. The van der Waals surface area contributed by atoms with E-state index in [1.807, 2.05) is 0 Å². The first-order valence-corrected chi connectivity index (χ1v) is 11.5. The lowest BCUT2D eigenvalue weighted by molar-refractivity contribution is -0.274. The van der Waals surface area contributed by atoms with Gasteiger partial charge in [0.05, 0.1) is 23.7 Å². The second kappa shape index (κ2) is 8.77. The molecular weight excluding hydrogens is 459 g/mol. The lowest BCUT2D eigenvalue weighted by Crippen LogP contribution is -2.35. The highest BCUT2D eigenvalue weighted by molar-refractivity contribution is 5.94. The van der Waals surface area contributed by atoms with Crippen LogP contribution in [-0.4, -0.2) is 29.0 Å². The van der Waals surface area contributed by atoms with Crippen molar-refractivity contribution in [2.24, 2.45) is 10.8 Å². The van der Waals surface area contributed by atoms with E-state index in [-0.39, 0.29) is 22.6 Å². The van der Waals surface area contributed by atoms with Crippen LogP contribution in [0.2, 0.25) is 0 Å². The summed E-state index contributed by atoms with van der Waals surface area (Å²) in [6, 6.07) is 10.9. The number of benzene rings is 2. The van der Waals surface area contributed by atoms with Crippen molar-refractivity contribution < 1.29 is 27.4 Å². The Hall–Kier alpha value is -3.23. The summed E-state index contributed by atoms with van der Waals surface area (Å²) >= 11 is 0. The van der Waals surface area contributed by atoms with Crippen LogP contribution < -0.4 is 10.1 Å². The van der Waals surface area contributed by atoms with Gasteiger partial charge in [0.2, 0.25) is 5.95 Å². The summed E-state index contributed by atoms with van der Waals surface area (Å²) in [5.41, 5.74) is 2.69. The largest absolute Gasteiger partial charge is 0.573 e. The van der Waals surface area contributed by atoms with Crippen LogP contribution in [0.3, 0.4) is 0 Å². The smallest absolute Gasteiger partial charge is 0.465 e. The highest BCUT2D eigenvalue weighted by atomic mass is 19.4. The third kappa shape index (κ3) is 5.71. The van der Waals surface area contributed by atoms with E-state index in [1.165, 1.54) is 31.4 Å². The van der Waals surface area contributed by atoms with Gasteiger partial charge in [-0.3, -0.25) is 0 Å². The number of fused-ring (bicyclic) bond motifs is 1. The van der Waals surface area contributed by atoms with Crippen LogP contribution in [0.15, 0.2) is 42.5 Å². The third-order valence-corrected chi connectivity index (χ3v) is 6.35. The third-order valence-electron chi connectivity index (χ3n) is 6.35. The molecule has 1 aliphatic carbocycles. The number of aromatic nitrogens is 2. The van der Waals surface area contributed by atoms with Crippen LogP contribution >= 0.6 is 0 Å². The van der Waals surface area contributed by atoms with Crippen molar-refractivity contribution >= 4 is 28.6 Å². The van der Waals surface area contributed by atoms with E-state index in [4.69, 9.17) is 9.72 Å². The molecule has 1 N–H and O–H groups in total. The molecule has 0 aliphatic heterocycles. The number of hydrogen-bond acceptors (Lipinski definition) is 5. The Morgan fingerprint density at radius 3 is 2.26 bits per heavy atom. The van der Waals surface area contributed by atoms with E-state index < -0.39 is 12.3 Å². The number of ether oxygens (including phenoxy) is 2. The molecule has 6 nitrogen and oxygen atoms in total. The molecule has 9 heteroatoms. The van der Waals surface area contributed by atoms with Crippen LogP contribution in [0.4, 0.5) is 24.8 Å². The summed E-state index contributed by atoms with van der Waals surface area (Å²) in [6.45, 7) is 9.03. The Kier molecular flexibility index (Phi) is 6.23. The van der Waals surface area contributed by atoms with Gasteiger partial charge in [0, 0.05) is 11.7 Å². The number of hydrogen-bond donors (Lipinski definition) is 1. The Morgan fingerprint density at radius 2 is 1.69 bits per heavy atom. The average Bonchev–Trinajstić information content (AvgIpc) is 3.08. The zero-order valence-electron chi connectivity index (χ0n) is 20.5. The number of rotatable bonds is 5. The number of nitrogens with zero attached hydrogens (tertiary/aromatic N) is 2. The topological polar surface area (TPSA) is 65.4 Å². The summed E-state index contributed by atoms with van der Waals surface area (Å²) in [5, 5.41) is 3.27. The first-order valence-electron chi connectivity index (χ1n) is 11.5. The lowest BCUT2D eigenvalue weighted by atomic mass is 9.63. The fraction of sp³-hybridized carbons (Fsp3) is 0.462. The molecule has 188 valence electrons. The van der Waals surface area contributed by atoms with Gasteiger partial charge in [-0.25, -0.2) is 9.78 Å². The zero-order valence-corrected chi connectivity index (χ0v) is 20.5. The molecule has 0 spiro atoms. The second-order valence-corrected chi connectivity index (χ2v) is 10.8. The van der Waals surface area contributed by atoms with Crippen molar-refractivity contribution in [2.75, 3.05) is 12.4 Å². The second-order valence-electron chi connectivity index (χ2n) is 10.8. The van der Waals surface area contributed by atoms with E-state index >= 15 is 0 Å². The van der Waals surface area contributed by atoms with Crippen LogP contribution in [0, 0.1) is 10.8 Å². The molecule has 1 aromatic heterocycles. The molecule has 0 atom stereocenters. The van der Waals surface area contributed by atoms with E-state index in [2.05, 4.69) is 42.3 Å².